The number of carbonyl (C=O) groups is 1. The summed E-state index contributed by atoms with van der Waals surface area (Å²) in [7, 11) is 3.81. The van der Waals surface area contributed by atoms with Crippen LogP contribution in [0, 0.1) is 0 Å². The number of hydrogen-bond acceptors (Lipinski definition) is 5. The summed E-state index contributed by atoms with van der Waals surface area (Å²) in [5, 5.41) is 9.22. The van der Waals surface area contributed by atoms with Crippen LogP contribution in [0.5, 0.6) is 0 Å². The van der Waals surface area contributed by atoms with Crippen LogP contribution in [0.4, 0.5) is 18.9 Å². The van der Waals surface area contributed by atoms with Crippen molar-refractivity contribution >= 4 is 23.6 Å². The van der Waals surface area contributed by atoms with Crippen molar-refractivity contribution in [3.63, 3.8) is 0 Å². The fourth-order valence-electron chi connectivity index (χ4n) is 3.05. The van der Waals surface area contributed by atoms with E-state index in [-0.39, 0.29) is 12.0 Å². The van der Waals surface area contributed by atoms with Crippen LogP contribution in [-0.4, -0.2) is 73.3 Å². The van der Waals surface area contributed by atoms with Gasteiger partial charge >= 0.3 is 12.1 Å². The molecule has 1 aliphatic heterocycles. The molecule has 0 aliphatic carbocycles. The van der Waals surface area contributed by atoms with Gasteiger partial charge in [-0.25, -0.2) is 4.79 Å². The van der Waals surface area contributed by atoms with Crippen LogP contribution in [0.1, 0.15) is 29.6 Å². The van der Waals surface area contributed by atoms with Crippen LogP contribution >= 0.6 is 11.9 Å². The van der Waals surface area contributed by atoms with Gasteiger partial charge in [-0.3, -0.25) is 9.21 Å². The molecule has 1 aromatic carbocycles. The zero-order valence-electron chi connectivity index (χ0n) is 15.6. The monoisotopic (exact) mass is 405 g/mol. The van der Waals surface area contributed by atoms with E-state index in [1.807, 2.05) is 24.5 Å². The fraction of sp³-hybridized carbons (Fsp3) is 0.611. The molecular weight excluding hydrogens is 379 g/mol. The summed E-state index contributed by atoms with van der Waals surface area (Å²) >= 11 is 1.48. The van der Waals surface area contributed by atoms with Gasteiger partial charge in [0, 0.05) is 37.5 Å². The summed E-state index contributed by atoms with van der Waals surface area (Å²) in [6, 6.07) is 5.14. The molecule has 0 atom stereocenters. The van der Waals surface area contributed by atoms with E-state index < -0.39 is 18.6 Å². The summed E-state index contributed by atoms with van der Waals surface area (Å²) in [5.74, 6) is -0.953. The number of nitrogens with zero attached hydrogens (tertiary/aromatic N) is 3. The highest BCUT2D eigenvalue weighted by atomic mass is 32.2. The van der Waals surface area contributed by atoms with E-state index in [4.69, 9.17) is 0 Å². The molecule has 1 aromatic rings. The van der Waals surface area contributed by atoms with Crippen molar-refractivity contribution in [2.24, 2.45) is 0 Å². The quantitative estimate of drug-likeness (QED) is 0.524. The van der Waals surface area contributed by atoms with Crippen LogP contribution in [-0.2, 0) is 0 Å². The smallest absolute Gasteiger partial charge is 0.389 e. The molecule has 0 aromatic heterocycles. The molecule has 0 saturated carbocycles. The minimum atomic E-state index is -4.07. The van der Waals surface area contributed by atoms with Gasteiger partial charge in [-0.15, -0.1) is 0 Å². The number of anilines is 1. The van der Waals surface area contributed by atoms with Gasteiger partial charge in [-0.2, -0.15) is 13.2 Å². The minimum Gasteiger partial charge on any atom is -0.478 e. The van der Waals surface area contributed by atoms with Gasteiger partial charge in [0.2, 0.25) is 0 Å². The average molecular weight is 405 g/mol. The molecule has 0 amide bonds. The molecule has 0 unspecified atom stereocenters. The maximum Gasteiger partial charge on any atom is 0.389 e. The number of alkyl halides is 3. The molecule has 1 fully saturated rings. The second-order valence-electron chi connectivity index (χ2n) is 6.79. The Morgan fingerprint density at radius 2 is 1.85 bits per heavy atom. The first kappa shape index (κ1) is 21.8. The second-order valence-corrected chi connectivity index (χ2v) is 8.14. The lowest BCUT2D eigenvalue weighted by Crippen LogP contribution is -2.46. The maximum absolute atomic E-state index is 12.2. The van der Waals surface area contributed by atoms with E-state index in [0.717, 1.165) is 36.8 Å². The van der Waals surface area contributed by atoms with E-state index in [2.05, 4.69) is 9.80 Å². The number of aromatic carboxylic acids is 1. The zero-order valence-corrected chi connectivity index (χ0v) is 16.4. The summed E-state index contributed by atoms with van der Waals surface area (Å²) in [6.07, 6.45) is -4.06. The van der Waals surface area contributed by atoms with Crippen LogP contribution in [0.25, 0.3) is 0 Å². The first-order valence-corrected chi connectivity index (χ1v) is 9.70. The Balaban J connectivity index is 1.92. The van der Waals surface area contributed by atoms with Crippen LogP contribution < -0.4 is 4.90 Å². The molecule has 9 heteroatoms. The Morgan fingerprint density at radius 3 is 2.41 bits per heavy atom. The van der Waals surface area contributed by atoms with Crippen molar-refractivity contribution in [2.45, 2.75) is 30.3 Å². The molecule has 0 spiro atoms. The highest BCUT2D eigenvalue weighted by Crippen LogP contribution is 2.33. The maximum atomic E-state index is 12.2. The molecule has 5 nitrogen and oxygen atoms in total. The van der Waals surface area contributed by atoms with E-state index in [1.165, 1.54) is 11.9 Å². The number of hydrogen-bond donors (Lipinski definition) is 1. The van der Waals surface area contributed by atoms with Crippen LogP contribution in [0.3, 0.4) is 0 Å². The highest BCUT2D eigenvalue weighted by Gasteiger charge is 2.26. The Labute approximate surface area is 162 Å². The lowest BCUT2D eigenvalue weighted by atomic mass is 10.1. The molecule has 0 bridgehead atoms. The molecule has 1 saturated heterocycles. The number of halogens is 3. The Morgan fingerprint density at radius 1 is 1.19 bits per heavy atom. The van der Waals surface area contributed by atoms with Gasteiger partial charge in [0.25, 0.3) is 0 Å². The van der Waals surface area contributed by atoms with Gasteiger partial charge in [0.15, 0.2) is 0 Å². The molecular formula is C18H26F3N3O2S. The van der Waals surface area contributed by atoms with Gasteiger partial charge in [-0.1, -0.05) is 0 Å². The number of carboxylic acids is 1. The lowest BCUT2D eigenvalue weighted by Gasteiger charge is -2.37. The summed E-state index contributed by atoms with van der Waals surface area (Å²) < 4.78 is 38.5. The van der Waals surface area contributed by atoms with Crippen LogP contribution in [0.15, 0.2) is 23.1 Å². The summed E-state index contributed by atoms with van der Waals surface area (Å²) in [4.78, 5) is 16.5. The average Bonchev–Trinajstić information content (AvgIpc) is 2.58. The third-order valence-corrected chi connectivity index (χ3v) is 5.27. The second kappa shape index (κ2) is 9.66. The third-order valence-electron chi connectivity index (χ3n) is 4.39. The first-order chi connectivity index (χ1) is 12.7. The van der Waals surface area contributed by atoms with E-state index in [0.29, 0.717) is 13.0 Å². The number of unbranched alkanes of at least 4 members (excludes halogenated alkanes) is 1. The fourth-order valence-corrected chi connectivity index (χ4v) is 3.92. The SMILES string of the molecule is CN(C)Sc1cc(C(=O)O)ccc1N1CCN(CCCCC(F)(F)F)CC1. The zero-order chi connectivity index (χ0) is 20.0. The van der Waals surface area contributed by atoms with Gasteiger partial charge in [0.05, 0.1) is 11.3 Å². The largest absolute Gasteiger partial charge is 0.478 e. The van der Waals surface area contributed by atoms with Crippen molar-refractivity contribution < 1.29 is 23.1 Å². The van der Waals surface area contributed by atoms with Gasteiger partial charge < -0.3 is 10.0 Å². The predicted octanol–water partition coefficient (Wildman–Crippen LogP) is 3.81. The summed E-state index contributed by atoms with van der Waals surface area (Å²) in [5.41, 5.74) is 1.25. The normalized spacial score (nSPS) is 16.1. The first-order valence-electron chi connectivity index (χ1n) is 8.92. The van der Waals surface area contributed by atoms with Crippen molar-refractivity contribution in [1.82, 2.24) is 9.21 Å². The molecule has 1 aliphatic rings. The standard InChI is InChI=1S/C18H26F3N3O2S/c1-22(2)27-16-13-14(17(25)26)5-6-15(16)24-11-9-23(10-12-24)8-4-3-7-18(19,20)21/h5-6,13H,3-4,7-12H2,1-2H3,(H,25,26). The summed E-state index contributed by atoms with van der Waals surface area (Å²) in [6.45, 7) is 3.80. The molecule has 1 N–H and O–H groups in total. The molecule has 152 valence electrons. The van der Waals surface area contributed by atoms with E-state index in [9.17, 15) is 23.1 Å². The van der Waals surface area contributed by atoms with Crippen LogP contribution in [0.2, 0.25) is 0 Å². The number of carboxylic acid groups (broad SMARTS) is 1. The molecule has 1 heterocycles. The van der Waals surface area contributed by atoms with E-state index in [1.54, 1.807) is 12.1 Å². The minimum absolute atomic E-state index is 0.171. The molecule has 0 radical (unpaired) electrons. The van der Waals surface area contributed by atoms with Crippen molar-refractivity contribution in [2.75, 3.05) is 51.7 Å². The Hall–Kier alpha value is -1.45. The Bertz CT molecular complexity index is 633. The highest BCUT2D eigenvalue weighted by molar-refractivity contribution is 7.97. The van der Waals surface area contributed by atoms with Gasteiger partial charge in [-0.05, 0) is 63.6 Å². The van der Waals surface area contributed by atoms with Crippen molar-refractivity contribution in [3.8, 4) is 0 Å². The molecule has 2 rings (SSSR count). The topological polar surface area (TPSA) is 47.0 Å². The number of rotatable bonds is 8. The predicted molar refractivity (Wildman–Crippen MR) is 102 cm³/mol. The molecule has 27 heavy (non-hydrogen) atoms. The van der Waals surface area contributed by atoms with Gasteiger partial charge in [0.1, 0.15) is 0 Å². The van der Waals surface area contributed by atoms with Crippen molar-refractivity contribution in [3.05, 3.63) is 23.8 Å². The lowest BCUT2D eigenvalue weighted by molar-refractivity contribution is -0.135. The Kier molecular flexibility index (Phi) is 7.81. The van der Waals surface area contributed by atoms with E-state index >= 15 is 0 Å². The number of piperazine rings is 1. The van der Waals surface area contributed by atoms with Crippen molar-refractivity contribution in [1.29, 1.82) is 0 Å². The third kappa shape index (κ3) is 7.23. The number of benzene rings is 1.